The zero-order valence-corrected chi connectivity index (χ0v) is 15.1. The fourth-order valence-electron chi connectivity index (χ4n) is 3.79. The third-order valence-corrected chi connectivity index (χ3v) is 5.41. The summed E-state index contributed by atoms with van der Waals surface area (Å²) < 4.78 is 0. The molecule has 0 bridgehead atoms. The molecule has 1 aliphatic heterocycles. The van der Waals surface area contributed by atoms with Gasteiger partial charge >= 0.3 is 0 Å². The summed E-state index contributed by atoms with van der Waals surface area (Å²) in [4.78, 5) is 2.41. The molecule has 2 aromatic carbocycles. The molecule has 3 rings (SSSR count). The number of aryl methyl sites for hydroxylation is 1. The van der Waals surface area contributed by atoms with Crippen molar-refractivity contribution in [3.05, 3.63) is 70.8 Å². The fraction of sp³-hybridized carbons (Fsp3) is 0.455. The van der Waals surface area contributed by atoms with Crippen LogP contribution in [-0.4, -0.2) is 34.2 Å². The highest BCUT2D eigenvalue weighted by molar-refractivity contribution is 5.35. The number of benzene rings is 2. The number of nitrogens with zero attached hydrogens (tertiary/aromatic N) is 1. The van der Waals surface area contributed by atoms with Crippen molar-refractivity contribution in [3.63, 3.8) is 0 Å². The molecule has 1 aliphatic rings. The number of hydrogen-bond acceptors (Lipinski definition) is 3. The van der Waals surface area contributed by atoms with Crippen LogP contribution in [-0.2, 0) is 19.4 Å². The minimum atomic E-state index is -0.459. The minimum Gasteiger partial charge on any atom is -0.392 e. The van der Waals surface area contributed by atoms with Crippen LogP contribution in [0.1, 0.15) is 48.1 Å². The molecule has 0 saturated carbocycles. The molecule has 2 aromatic rings. The molecule has 0 aliphatic carbocycles. The maximum Gasteiger partial charge on any atom is 0.0945 e. The molecule has 0 saturated heterocycles. The molecule has 3 heteroatoms. The molecular formula is C22H29NO2. The van der Waals surface area contributed by atoms with E-state index in [4.69, 9.17) is 0 Å². The fourth-order valence-corrected chi connectivity index (χ4v) is 3.79. The van der Waals surface area contributed by atoms with Gasteiger partial charge in [0, 0.05) is 12.6 Å². The minimum absolute atomic E-state index is 0.0577. The lowest BCUT2D eigenvalue weighted by Crippen LogP contribution is -2.37. The van der Waals surface area contributed by atoms with E-state index in [1.165, 1.54) is 17.5 Å². The van der Waals surface area contributed by atoms with E-state index in [1.54, 1.807) is 0 Å². The summed E-state index contributed by atoms with van der Waals surface area (Å²) in [5.74, 6) is 0. The Kier molecular flexibility index (Phi) is 6.24. The largest absolute Gasteiger partial charge is 0.392 e. The molecular weight excluding hydrogens is 310 g/mol. The van der Waals surface area contributed by atoms with Gasteiger partial charge in [0.05, 0.1) is 12.7 Å². The molecule has 0 unspecified atom stereocenters. The van der Waals surface area contributed by atoms with Gasteiger partial charge in [0.1, 0.15) is 0 Å². The van der Waals surface area contributed by atoms with Crippen molar-refractivity contribution in [1.82, 2.24) is 4.90 Å². The van der Waals surface area contributed by atoms with Gasteiger partial charge in [-0.1, -0.05) is 48.5 Å². The molecule has 0 amide bonds. The van der Waals surface area contributed by atoms with Crippen LogP contribution in [0.2, 0.25) is 0 Å². The van der Waals surface area contributed by atoms with E-state index in [-0.39, 0.29) is 12.6 Å². The Labute approximate surface area is 150 Å². The lowest BCUT2D eigenvalue weighted by Gasteiger charge is -2.30. The first-order chi connectivity index (χ1) is 12.2. The SMILES string of the molecule is C[C@@H]1[C@H](O)c2ccc(CO)cc2CCN1CCCCc1ccccc1. The summed E-state index contributed by atoms with van der Waals surface area (Å²) in [7, 11) is 0. The average molecular weight is 339 g/mol. The van der Waals surface area contributed by atoms with E-state index in [2.05, 4.69) is 42.2 Å². The highest BCUT2D eigenvalue weighted by Gasteiger charge is 2.28. The normalized spacial score (nSPS) is 20.9. The van der Waals surface area contributed by atoms with E-state index >= 15 is 0 Å². The molecule has 2 N–H and O–H groups in total. The van der Waals surface area contributed by atoms with Crippen LogP contribution in [0.15, 0.2) is 48.5 Å². The van der Waals surface area contributed by atoms with Crippen molar-refractivity contribution in [3.8, 4) is 0 Å². The molecule has 25 heavy (non-hydrogen) atoms. The van der Waals surface area contributed by atoms with Gasteiger partial charge < -0.3 is 10.2 Å². The van der Waals surface area contributed by atoms with E-state index in [1.807, 2.05) is 18.2 Å². The Morgan fingerprint density at radius 3 is 2.60 bits per heavy atom. The molecule has 0 radical (unpaired) electrons. The van der Waals surface area contributed by atoms with E-state index in [0.29, 0.717) is 0 Å². The van der Waals surface area contributed by atoms with Crippen molar-refractivity contribution in [2.24, 2.45) is 0 Å². The lowest BCUT2D eigenvalue weighted by atomic mass is 9.96. The summed E-state index contributed by atoms with van der Waals surface area (Å²) in [6.07, 6.45) is 3.91. The second-order valence-electron chi connectivity index (χ2n) is 7.11. The van der Waals surface area contributed by atoms with Gasteiger partial charge in [0.15, 0.2) is 0 Å². The maximum absolute atomic E-state index is 10.8. The first-order valence-electron chi connectivity index (χ1n) is 9.37. The summed E-state index contributed by atoms with van der Waals surface area (Å²) in [5.41, 5.74) is 4.53. The highest BCUT2D eigenvalue weighted by Crippen LogP contribution is 2.29. The zero-order chi connectivity index (χ0) is 17.6. The summed E-state index contributed by atoms with van der Waals surface area (Å²) in [6, 6.07) is 16.7. The lowest BCUT2D eigenvalue weighted by molar-refractivity contribution is 0.0635. The molecule has 3 nitrogen and oxygen atoms in total. The Morgan fingerprint density at radius 2 is 1.84 bits per heavy atom. The van der Waals surface area contributed by atoms with Crippen molar-refractivity contribution in [2.45, 2.75) is 51.4 Å². The summed E-state index contributed by atoms with van der Waals surface area (Å²) in [6.45, 7) is 4.16. The topological polar surface area (TPSA) is 43.7 Å². The van der Waals surface area contributed by atoms with Crippen LogP contribution < -0.4 is 0 Å². The average Bonchev–Trinajstić information content (AvgIpc) is 2.77. The molecule has 134 valence electrons. The molecule has 2 atom stereocenters. The summed E-state index contributed by atoms with van der Waals surface area (Å²) >= 11 is 0. The Morgan fingerprint density at radius 1 is 1.04 bits per heavy atom. The van der Waals surface area contributed by atoms with E-state index < -0.39 is 6.10 Å². The Balaban J connectivity index is 1.57. The van der Waals surface area contributed by atoms with Crippen LogP contribution >= 0.6 is 0 Å². The van der Waals surface area contributed by atoms with Gasteiger partial charge in [-0.05, 0) is 61.4 Å². The molecule has 1 heterocycles. The van der Waals surface area contributed by atoms with Gasteiger partial charge in [-0.2, -0.15) is 0 Å². The number of unbranched alkanes of at least 4 members (excludes halogenated alkanes) is 1. The molecule has 0 spiro atoms. The third-order valence-electron chi connectivity index (χ3n) is 5.41. The Hall–Kier alpha value is -1.68. The smallest absolute Gasteiger partial charge is 0.0945 e. The monoisotopic (exact) mass is 339 g/mol. The third kappa shape index (κ3) is 4.49. The van der Waals surface area contributed by atoms with Crippen LogP contribution in [0, 0.1) is 0 Å². The quantitative estimate of drug-likeness (QED) is 0.792. The van der Waals surface area contributed by atoms with Crippen LogP contribution in [0.25, 0.3) is 0 Å². The van der Waals surface area contributed by atoms with Crippen LogP contribution in [0.5, 0.6) is 0 Å². The first kappa shape index (κ1) is 18.1. The number of fused-ring (bicyclic) bond motifs is 1. The van der Waals surface area contributed by atoms with E-state index in [0.717, 1.165) is 43.5 Å². The standard InChI is InChI=1S/C22H29NO2/c1-17-22(25)21-11-10-19(16-24)15-20(21)12-14-23(17)13-6-5-9-18-7-3-2-4-8-18/h2-4,7-8,10-11,15,17,22,24-25H,5-6,9,12-14,16H2,1H3/t17-,22+/m1/s1. The molecule has 0 fully saturated rings. The maximum atomic E-state index is 10.8. The first-order valence-corrected chi connectivity index (χ1v) is 9.37. The van der Waals surface area contributed by atoms with Gasteiger partial charge in [0.25, 0.3) is 0 Å². The molecule has 0 aromatic heterocycles. The van der Waals surface area contributed by atoms with Crippen LogP contribution in [0.3, 0.4) is 0 Å². The predicted octanol–water partition coefficient (Wildman–Crippen LogP) is 3.48. The summed E-state index contributed by atoms with van der Waals surface area (Å²) in [5, 5.41) is 20.1. The van der Waals surface area contributed by atoms with Gasteiger partial charge in [-0.15, -0.1) is 0 Å². The number of aliphatic hydroxyl groups is 2. The number of rotatable bonds is 6. The van der Waals surface area contributed by atoms with Crippen molar-refractivity contribution >= 4 is 0 Å². The Bertz CT molecular complexity index is 671. The highest BCUT2D eigenvalue weighted by atomic mass is 16.3. The van der Waals surface area contributed by atoms with E-state index in [9.17, 15) is 10.2 Å². The van der Waals surface area contributed by atoms with Gasteiger partial charge in [-0.3, -0.25) is 4.90 Å². The van der Waals surface area contributed by atoms with Crippen molar-refractivity contribution < 1.29 is 10.2 Å². The number of aliphatic hydroxyl groups excluding tert-OH is 2. The zero-order valence-electron chi connectivity index (χ0n) is 15.1. The number of hydrogen-bond donors (Lipinski definition) is 2. The van der Waals surface area contributed by atoms with Crippen molar-refractivity contribution in [1.29, 1.82) is 0 Å². The van der Waals surface area contributed by atoms with Gasteiger partial charge in [-0.25, -0.2) is 0 Å². The predicted molar refractivity (Wildman–Crippen MR) is 101 cm³/mol. The van der Waals surface area contributed by atoms with Crippen LogP contribution in [0.4, 0.5) is 0 Å². The second-order valence-corrected chi connectivity index (χ2v) is 7.11. The van der Waals surface area contributed by atoms with Crippen molar-refractivity contribution in [2.75, 3.05) is 13.1 Å². The van der Waals surface area contributed by atoms with Gasteiger partial charge in [0.2, 0.25) is 0 Å². The second kappa shape index (κ2) is 8.61.